The van der Waals surface area contributed by atoms with Gasteiger partial charge in [0.05, 0.1) is 52.7 Å². The highest BCUT2D eigenvalue weighted by Gasteiger charge is 2.31. The van der Waals surface area contributed by atoms with Crippen molar-refractivity contribution in [2.45, 2.75) is 193 Å². The number of hydrogen-bond donors (Lipinski definition) is 6. The standard InChI is InChI=1S/C22H29N3O4.C20H26N2O3.C14H24N2O4.C13H20N2O3.C13H21NO3.C10H16N2O2/c1-22(2,3)24-15-18(26)14-17(13-16-7-5-4-6-8-16)21(29)23-11-12-25-19(27)9-10-20(25)28;1-20(2,3)14-16(13-15-7-5-4-6-8-15)19(25)21-11-12-22-17(23)9-10-18(22)24;1-14(2,3)15-6-8-19-10-11-20-9-7-16-12(17)4-5-13(16)18;1-13(2,3)7-6-10(16)14-8-9-15-11(17)4-5-12(15)18;1-13(2,3)7-4-9-17-10-8-14-11(15)5-6-12(14)16;1-10(2,3)11-6-7-12-8(13)4-5-9(12)14/h4-10,17,24H,11-15H2,1-3H3,(H,23,29);4-10,16H,11-14H2,1-3H3,(H,21,25);4-5,15H,6-11H2,1-3H3;4-5H,6-9H2,1-3H3,(H,14,16);5-6H,4,7-10H2,1-3H3;4-5,11H,6-7H2,1-3H3/t17-;16-;;;;/m11..../s1. The summed E-state index contributed by atoms with van der Waals surface area (Å²) in [5.74, 6) is -4.55. The largest absolute Gasteiger partial charge is 0.380 e. The molecule has 8 rings (SSSR count). The predicted molar refractivity (Wildman–Crippen MR) is 468 cm³/mol. The molecular weight excluding hydrogens is 1580 g/mol. The normalized spacial score (nSPS) is 15.6. The van der Waals surface area contributed by atoms with E-state index in [-0.39, 0.29) is 180 Å². The van der Waals surface area contributed by atoms with Crippen LogP contribution < -0.4 is 31.9 Å². The second-order valence-corrected chi connectivity index (χ2v) is 36.7. The fourth-order valence-electron chi connectivity index (χ4n) is 11.9. The third kappa shape index (κ3) is 47.1. The summed E-state index contributed by atoms with van der Waals surface area (Å²) in [6.07, 6.45) is 20.5. The molecule has 0 fully saturated rings. The first-order valence-electron chi connectivity index (χ1n) is 42.0. The minimum absolute atomic E-state index is 0.0131. The number of benzene rings is 2. The molecule has 0 aromatic heterocycles. The van der Waals surface area contributed by atoms with Gasteiger partial charge in [-0.1, -0.05) is 123 Å². The van der Waals surface area contributed by atoms with Crippen molar-refractivity contribution in [2.24, 2.45) is 28.1 Å². The molecule has 31 heteroatoms. The van der Waals surface area contributed by atoms with E-state index in [1.54, 1.807) is 0 Å². The Hall–Kier alpha value is -10.4. The van der Waals surface area contributed by atoms with Crippen LogP contribution in [-0.4, -0.2) is 259 Å². The molecule has 15 amide bonds. The molecule has 31 nitrogen and oxygen atoms in total. The van der Waals surface area contributed by atoms with E-state index in [2.05, 4.69) is 115 Å². The molecule has 2 aromatic rings. The second-order valence-electron chi connectivity index (χ2n) is 36.7. The molecule has 0 radical (unpaired) electrons. The molecule has 6 aliphatic rings. The van der Waals surface area contributed by atoms with Crippen molar-refractivity contribution < 1.29 is 90.9 Å². The van der Waals surface area contributed by atoms with Crippen LogP contribution in [0, 0.1) is 28.1 Å². The van der Waals surface area contributed by atoms with Gasteiger partial charge in [-0.3, -0.25) is 106 Å². The number of imide groups is 6. The lowest BCUT2D eigenvalue weighted by Crippen LogP contribution is -2.43. The smallest absolute Gasteiger partial charge is 0.253 e. The SMILES string of the molecule is CC(C)(C)CCC(=O)NCCN1C(=O)C=CC1=O.CC(C)(C)CCCOCCN1C(=O)C=CC1=O.CC(C)(C)C[C@@H](Cc1ccccc1)C(=O)NCCN1C(=O)C=CC1=O.CC(C)(C)NCC(=O)C[C@@H](Cc1ccccc1)C(=O)NCCN1C(=O)C=CC1=O.CC(C)(C)NCCN1C(=O)C=CC1=O.CC(C)(C)NCCOCCOCCN1C(=O)C=CC1=O. The number of Topliss-reactive ketones (excluding diaryl/α,β-unsaturated/α-hetero) is 1. The zero-order valence-electron chi connectivity index (χ0n) is 75.7. The van der Waals surface area contributed by atoms with Crippen LogP contribution in [0.4, 0.5) is 0 Å². The molecule has 0 spiro atoms. The van der Waals surface area contributed by atoms with Crippen LogP contribution >= 0.6 is 0 Å². The third-order valence-corrected chi connectivity index (χ3v) is 18.4. The Kier molecular flexibility index (Phi) is 45.9. The van der Waals surface area contributed by atoms with E-state index in [4.69, 9.17) is 14.2 Å². The highest BCUT2D eigenvalue weighted by Crippen LogP contribution is 2.28. The lowest BCUT2D eigenvalue weighted by atomic mass is 9.81. The molecule has 0 unspecified atom stereocenters. The van der Waals surface area contributed by atoms with Gasteiger partial charge in [0, 0.05) is 180 Å². The number of nitrogens with zero attached hydrogens (tertiary/aromatic N) is 6. The molecule has 0 saturated heterocycles. The number of carbonyl (C=O) groups is 16. The van der Waals surface area contributed by atoms with Gasteiger partial charge in [-0.25, -0.2) is 0 Å². The van der Waals surface area contributed by atoms with E-state index in [0.717, 1.165) is 63.0 Å². The van der Waals surface area contributed by atoms with Crippen molar-refractivity contribution in [2.75, 3.05) is 118 Å². The Morgan fingerprint density at radius 2 is 0.618 bits per heavy atom. The van der Waals surface area contributed by atoms with Crippen molar-refractivity contribution in [3.63, 3.8) is 0 Å². The Morgan fingerprint density at radius 1 is 0.317 bits per heavy atom. The van der Waals surface area contributed by atoms with Crippen LogP contribution in [0.25, 0.3) is 0 Å². The number of nitrogens with one attached hydrogen (secondary N) is 6. The van der Waals surface area contributed by atoms with Gasteiger partial charge in [0.2, 0.25) is 17.7 Å². The van der Waals surface area contributed by atoms with Gasteiger partial charge < -0.3 is 46.1 Å². The van der Waals surface area contributed by atoms with Gasteiger partial charge >= 0.3 is 0 Å². The Balaban J connectivity index is 0.000000387. The maximum Gasteiger partial charge on any atom is 0.253 e. The van der Waals surface area contributed by atoms with E-state index in [0.29, 0.717) is 90.5 Å². The summed E-state index contributed by atoms with van der Waals surface area (Å²) in [5.41, 5.74) is 2.51. The molecule has 0 bridgehead atoms. The predicted octanol–water partition coefficient (Wildman–Crippen LogP) is 6.80. The first kappa shape index (κ1) is 107. The van der Waals surface area contributed by atoms with Crippen LogP contribution in [0.1, 0.15) is 174 Å². The Bertz CT molecular complexity index is 3960. The maximum atomic E-state index is 12.7. The summed E-state index contributed by atoms with van der Waals surface area (Å²) in [5, 5.41) is 18.0. The molecule has 6 heterocycles. The van der Waals surface area contributed by atoms with E-state index in [1.165, 1.54) is 82.7 Å². The van der Waals surface area contributed by atoms with Crippen LogP contribution in [0.2, 0.25) is 0 Å². The monoisotopic (exact) mass is 1710 g/mol. The van der Waals surface area contributed by atoms with Gasteiger partial charge in [0.1, 0.15) is 5.78 Å². The quantitative estimate of drug-likeness (QED) is 0.0295. The number of amides is 15. The van der Waals surface area contributed by atoms with Gasteiger partial charge in [0.15, 0.2) is 0 Å². The summed E-state index contributed by atoms with van der Waals surface area (Å²) in [4.78, 5) is 192. The number of ether oxygens (including phenoxy) is 3. The maximum absolute atomic E-state index is 12.7. The minimum Gasteiger partial charge on any atom is -0.380 e. The number of carbonyl (C=O) groups excluding carboxylic acids is 16. The summed E-state index contributed by atoms with van der Waals surface area (Å²) in [7, 11) is 0. The minimum atomic E-state index is -0.519. The summed E-state index contributed by atoms with van der Waals surface area (Å²) in [6, 6.07) is 19.5. The number of ketones is 1. The highest BCUT2D eigenvalue weighted by atomic mass is 16.5. The van der Waals surface area contributed by atoms with Crippen LogP contribution in [0.3, 0.4) is 0 Å². The van der Waals surface area contributed by atoms with Crippen molar-refractivity contribution in [1.29, 1.82) is 0 Å². The van der Waals surface area contributed by atoms with Crippen molar-refractivity contribution in [3.05, 3.63) is 145 Å². The Morgan fingerprint density at radius 3 is 0.959 bits per heavy atom. The van der Waals surface area contributed by atoms with Gasteiger partial charge in [-0.05, 0) is 128 Å². The summed E-state index contributed by atoms with van der Waals surface area (Å²) in [6.45, 7) is 44.5. The highest BCUT2D eigenvalue weighted by molar-refractivity contribution is 6.16. The average molecular weight is 1710 g/mol. The van der Waals surface area contributed by atoms with Gasteiger partial charge in [-0.15, -0.1) is 0 Å². The molecule has 6 N–H and O–H groups in total. The second kappa shape index (κ2) is 52.9. The van der Waals surface area contributed by atoms with E-state index in [1.807, 2.05) is 102 Å². The summed E-state index contributed by atoms with van der Waals surface area (Å²) >= 11 is 0. The molecule has 2 aromatic carbocycles. The third-order valence-electron chi connectivity index (χ3n) is 18.4. The van der Waals surface area contributed by atoms with Gasteiger partial charge in [0.25, 0.3) is 70.9 Å². The molecule has 0 saturated carbocycles. The number of hydrogen-bond acceptors (Lipinski definition) is 22. The van der Waals surface area contributed by atoms with E-state index < -0.39 is 5.92 Å². The lowest BCUT2D eigenvalue weighted by molar-refractivity contribution is -0.139. The first-order valence-corrected chi connectivity index (χ1v) is 42.0. The lowest BCUT2D eigenvalue weighted by Gasteiger charge is -2.26. The van der Waals surface area contributed by atoms with Crippen molar-refractivity contribution >= 4 is 94.4 Å². The van der Waals surface area contributed by atoms with Crippen LogP contribution in [-0.2, 0) is 104 Å². The first-order chi connectivity index (χ1) is 57.4. The molecular formula is C92H136N12O19. The zero-order chi connectivity index (χ0) is 92.3. The topological polar surface area (TPSA) is 392 Å². The molecule has 678 valence electrons. The fourth-order valence-corrected chi connectivity index (χ4v) is 11.9. The molecule has 6 aliphatic heterocycles. The summed E-state index contributed by atoms with van der Waals surface area (Å²) < 4.78 is 16.1. The molecule has 123 heavy (non-hydrogen) atoms. The van der Waals surface area contributed by atoms with E-state index in [9.17, 15) is 76.7 Å². The Labute approximate surface area is 726 Å². The fraction of sp³-hybridized carbons (Fsp3) is 0.565. The molecule has 2 atom stereocenters. The van der Waals surface area contributed by atoms with Crippen LogP contribution in [0.15, 0.2) is 134 Å². The number of rotatable bonds is 40. The van der Waals surface area contributed by atoms with Crippen molar-refractivity contribution in [3.8, 4) is 0 Å². The zero-order valence-corrected chi connectivity index (χ0v) is 75.7. The van der Waals surface area contributed by atoms with E-state index >= 15 is 0 Å². The van der Waals surface area contributed by atoms with Crippen molar-refractivity contribution in [1.82, 2.24) is 61.3 Å². The molecule has 0 aliphatic carbocycles. The average Bonchev–Trinajstić information content (AvgIpc) is 1.61. The van der Waals surface area contributed by atoms with Gasteiger partial charge in [-0.2, -0.15) is 0 Å². The van der Waals surface area contributed by atoms with Crippen LogP contribution in [0.5, 0.6) is 0 Å².